The van der Waals surface area contributed by atoms with Crippen LogP contribution in [-0.2, 0) is 4.79 Å². The number of carbonyl (C=O) groups is 2. The highest BCUT2D eigenvalue weighted by atomic mass is 16.4. The lowest BCUT2D eigenvalue weighted by Gasteiger charge is -2.31. The van der Waals surface area contributed by atoms with E-state index in [1.54, 1.807) is 0 Å². The van der Waals surface area contributed by atoms with Crippen molar-refractivity contribution in [1.29, 1.82) is 0 Å². The summed E-state index contributed by atoms with van der Waals surface area (Å²) in [5.41, 5.74) is 0. The summed E-state index contributed by atoms with van der Waals surface area (Å²) >= 11 is 0. The maximum atomic E-state index is 11.6. The second kappa shape index (κ2) is 6.47. The van der Waals surface area contributed by atoms with Gasteiger partial charge in [0.25, 0.3) is 0 Å². The Morgan fingerprint density at radius 3 is 2.59 bits per heavy atom. The molecule has 0 saturated heterocycles. The summed E-state index contributed by atoms with van der Waals surface area (Å²) in [6.45, 7) is 3.59. The normalized spacial score (nSPS) is 26.0. The van der Waals surface area contributed by atoms with Crippen molar-refractivity contribution >= 4 is 12.0 Å². The van der Waals surface area contributed by atoms with Crippen LogP contribution in [0.4, 0.5) is 4.79 Å². The molecule has 0 aromatic rings. The van der Waals surface area contributed by atoms with Crippen LogP contribution in [0.5, 0.6) is 0 Å². The molecule has 0 aromatic heterocycles. The molecule has 5 heteroatoms. The summed E-state index contributed by atoms with van der Waals surface area (Å²) in [7, 11) is 0. The van der Waals surface area contributed by atoms with Gasteiger partial charge in [0.1, 0.15) is 6.04 Å². The SMILES string of the molecule is CCC1CCCCC1NC(=O)NC(C)C(=O)O. The van der Waals surface area contributed by atoms with E-state index in [-0.39, 0.29) is 12.1 Å². The zero-order valence-electron chi connectivity index (χ0n) is 10.5. The quantitative estimate of drug-likeness (QED) is 0.702. The summed E-state index contributed by atoms with van der Waals surface area (Å²) in [4.78, 5) is 22.2. The molecule has 2 amide bonds. The Morgan fingerprint density at radius 2 is 2.00 bits per heavy atom. The maximum Gasteiger partial charge on any atom is 0.325 e. The molecule has 1 fully saturated rings. The molecule has 1 rings (SSSR count). The zero-order valence-corrected chi connectivity index (χ0v) is 10.5. The molecule has 3 N–H and O–H groups in total. The molecular weight excluding hydrogens is 220 g/mol. The van der Waals surface area contributed by atoms with Gasteiger partial charge in [-0.15, -0.1) is 0 Å². The van der Waals surface area contributed by atoms with Crippen molar-refractivity contribution in [3.05, 3.63) is 0 Å². The number of nitrogens with one attached hydrogen (secondary N) is 2. The van der Waals surface area contributed by atoms with Gasteiger partial charge in [-0.05, 0) is 25.7 Å². The fraction of sp³-hybridized carbons (Fsp3) is 0.833. The van der Waals surface area contributed by atoms with E-state index in [9.17, 15) is 9.59 Å². The van der Waals surface area contributed by atoms with E-state index >= 15 is 0 Å². The molecule has 0 spiro atoms. The number of carboxylic acid groups (broad SMARTS) is 1. The standard InChI is InChI=1S/C12H22N2O3/c1-3-9-6-4-5-7-10(9)14-12(17)13-8(2)11(15)16/h8-10H,3-7H2,1-2H3,(H,15,16)(H2,13,14,17). The van der Waals surface area contributed by atoms with Crippen LogP contribution in [0.1, 0.15) is 46.0 Å². The average molecular weight is 242 g/mol. The third-order valence-electron chi connectivity index (χ3n) is 3.47. The smallest absolute Gasteiger partial charge is 0.325 e. The Labute approximate surface area is 102 Å². The predicted molar refractivity (Wildman–Crippen MR) is 64.8 cm³/mol. The number of rotatable bonds is 4. The van der Waals surface area contributed by atoms with Crippen molar-refractivity contribution < 1.29 is 14.7 Å². The molecular formula is C12H22N2O3. The lowest BCUT2D eigenvalue weighted by Crippen LogP contribution is -2.50. The van der Waals surface area contributed by atoms with Crippen LogP contribution in [0.2, 0.25) is 0 Å². The third kappa shape index (κ3) is 4.24. The van der Waals surface area contributed by atoms with E-state index in [0.717, 1.165) is 25.7 Å². The van der Waals surface area contributed by atoms with E-state index < -0.39 is 12.0 Å². The Hall–Kier alpha value is -1.26. The molecule has 0 radical (unpaired) electrons. The second-order valence-corrected chi connectivity index (χ2v) is 4.74. The van der Waals surface area contributed by atoms with Crippen LogP contribution < -0.4 is 10.6 Å². The summed E-state index contributed by atoms with van der Waals surface area (Å²) < 4.78 is 0. The van der Waals surface area contributed by atoms with Crippen LogP contribution in [0, 0.1) is 5.92 Å². The van der Waals surface area contributed by atoms with Crippen molar-refractivity contribution in [2.24, 2.45) is 5.92 Å². The van der Waals surface area contributed by atoms with Gasteiger partial charge in [0.2, 0.25) is 0 Å². The van der Waals surface area contributed by atoms with Gasteiger partial charge in [-0.25, -0.2) is 4.79 Å². The number of amides is 2. The molecule has 17 heavy (non-hydrogen) atoms. The van der Waals surface area contributed by atoms with Crippen LogP contribution in [0.25, 0.3) is 0 Å². The topological polar surface area (TPSA) is 78.4 Å². The van der Waals surface area contributed by atoms with Gasteiger partial charge in [0.15, 0.2) is 0 Å². The highest BCUT2D eigenvalue weighted by Gasteiger charge is 2.25. The minimum absolute atomic E-state index is 0.190. The number of aliphatic carboxylic acids is 1. The molecule has 3 unspecified atom stereocenters. The Morgan fingerprint density at radius 1 is 1.35 bits per heavy atom. The van der Waals surface area contributed by atoms with E-state index in [2.05, 4.69) is 17.6 Å². The molecule has 0 aromatic carbocycles. The van der Waals surface area contributed by atoms with Crippen molar-refractivity contribution in [3.63, 3.8) is 0 Å². The van der Waals surface area contributed by atoms with Crippen LogP contribution in [0.15, 0.2) is 0 Å². The first-order valence-corrected chi connectivity index (χ1v) is 6.34. The van der Waals surface area contributed by atoms with Gasteiger partial charge in [-0.2, -0.15) is 0 Å². The molecule has 3 atom stereocenters. The monoisotopic (exact) mass is 242 g/mol. The summed E-state index contributed by atoms with van der Waals surface area (Å²) in [5.74, 6) is -0.495. The van der Waals surface area contributed by atoms with E-state index in [1.165, 1.54) is 13.3 Å². The number of carbonyl (C=O) groups excluding carboxylic acids is 1. The van der Waals surface area contributed by atoms with E-state index in [4.69, 9.17) is 5.11 Å². The molecule has 98 valence electrons. The second-order valence-electron chi connectivity index (χ2n) is 4.74. The average Bonchev–Trinajstić information content (AvgIpc) is 2.29. The largest absolute Gasteiger partial charge is 0.480 e. The first-order chi connectivity index (χ1) is 8.04. The molecule has 1 aliphatic rings. The number of hydrogen-bond acceptors (Lipinski definition) is 2. The van der Waals surface area contributed by atoms with Crippen molar-refractivity contribution in [3.8, 4) is 0 Å². The van der Waals surface area contributed by atoms with Crippen molar-refractivity contribution in [1.82, 2.24) is 10.6 Å². The molecule has 1 aliphatic carbocycles. The van der Waals surface area contributed by atoms with Crippen molar-refractivity contribution in [2.75, 3.05) is 0 Å². The van der Waals surface area contributed by atoms with E-state index in [1.807, 2.05) is 0 Å². The maximum absolute atomic E-state index is 11.6. The Kier molecular flexibility index (Phi) is 5.25. The number of hydrogen-bond donors (Lipinski definition) is 3. The van der Waals surface area contributed by atoms with Crippen molar-refractivity contribution in [2.45, 2.75) is 58.0 Å². The van der Waals surface area contributed by atoms with Gasteiger partial charge in [0, 0.05) is 6.04 Å². The van der Waals surface area contributed by atoms with Gasteiger partial charge >= 0.3 is 12.0 Å². The lowest BCUT2D eigenvalue weighted by molar-refractivity contribution is -0.138. The fourth-order valence-electron chi connectivity index (χ4n) is 2.35. The number of carboxylic acids is 1. The molecule has 0 heterocycles. The zero-order chi connectivity index (χ0) is 12.8. The third-order valence-corrected chi connectivity index (χ3v) is 3.47. The van der Waals surface area contributed by atoms with Gasteiger partial charge in [-0.3, -0.25) is 4.79 Å². The Balaban J connectivity index is 2.41. The molecule has 1 saturated carbocycles. The van der Waals surface area contributed by atoms with Crippen LogP contribution in [0.3, 0.4) is 0 Å². The van der Waals surface area contributed by atoms with Gasteiger partial charge < -0.3 is 15.7 Å². The van der Waals surface area contributed by atoms with E-state index in [0.29, 0.717) is 5.92 Å². The molecule has 5 nitrogen and oxygen atoms in total. The summed E-state index contributed by atoms with van der Waals surface area (Å²) in [5, 5.41) is 14.0. The van der Waals surface area contributed by atoms with Crippen LogP contribution >= 0.6 is 0 Å². The van der Waals surface area contributed by atoms with Gasteiger partial charge in [0.05, 0.1) is 0 Å². The summed E-state index contributed by atoms with van der Waals surface area (Å²) in [6.07, 6.45) is 5.56. The summed E-state index contributed by atoms with van der Waals surface area (Å²) in [6, 6.07) is -1.03. The molecule has 0 aliphatic heterocycles. The minimum atomic E-state index is -1.02. The highest BCUT2D eigenvalue weighted by Crippen LogP contribution is 2.26. The Bertz CT molecular complexity index is 281. The first-order valence-electron chi connectivity index (χ1n) is 6.34. The fourth-order valence-corrected chi connectivity index (χ4v) is 2.35. The number of urea groups is 1. The minimum Gasteiger partial charge on any atom is -0.480 e. The first kappa shape index (κ1) is 13.8. The highest BCUT2D eigenvalue weighted by molar-refractivity contribution is 5.82. The van der Waals surface area contributed by atoms with Crippen LogP contribution in [-0.4, -0.2) is 29.2 Å². The lowest BCUT2D eigenvalue weighted by atomic mass is 9.83. The molecule has 0 bridgehead atoms. The van der Waals surface area contributed by atoms with Gasteiger partial charge in [-0.1, -0.05) is 26.2 Å². The predicted octanol–water partition coefficient (Wildman–Crippen LogP) is 1.73.